The van der Waals surface area contributed by atoms with Gasteiger partial charge in [-0.15, -0.1) is 12.4 Å². The first-order valence-electron chi connectivity index (χ1n) is 7.57. The molecule has 2 aromatic heterocycles. The first-order chi connectivity index (χ1) is 10.7. The van der Waals surface area contributed by atoms with E-state index in [1.807, 2.05) is 16.8 Å². The summed E-state index contributed by atoms with van der Waals surface area (Å²) >= 11 is 1.58. The molecule has 0 aromatic carbocycles. The molecule has 0 aliphatic heterocycles. The predicted octanol–water partition coefficient (Wildman–Crippen LogP) is 2.79. The van der Waals surface area contributed by atoms with E-state index in [1.165, 1.54) is 0 Å². The Kier molecular flexibility index (Phi) is 8.83. The number of carbonyl (C=O) groups is 1. The van der Waals surface area contributed by atoms with Crippen LogP contribution in [0.15, 0.2) is 21.3 Å². The Morgan fingerprint density at radius 3 is 3.00 bits per heavy atom. The van der Waals surface area contributed by atoms with Crippen LogP contribution in [0, 0.1) is 0 Å². The molecular formula is C15H23ClN4O2S. The Morgan fingerprint density at radius 2 is 2.35 bits per heavy atom. The minimum atomic E-state index is -0.0261. The maximum Gasteiger partial charge on any atom is 0.227 e. The molecule has 8 heteroatoms. The highest BCUT2D eigenvalue weighted by molar-refractivity contribution is 7.08. The van der Waals surface area contributed by atoms with Crippen molar-refractivity contribution in [3.8, 4) is 11.4 Å². The van der Waals surface area contributed by atoms with Gasteiger partial charge < -0.3 is 15.6 Å². The van der Waals surface area contributed by atoms with E-state index in [9.17, 15) is 4.79 Å². The molecule has 0 fully saturated rings. The van der Waals surface area contributed by atoms with E-state index in [1.54, 1.807) is 11.3 Å². The molecule has 128 valence electrons. The lowest BCUT2D eigenvalue weighted by molar-refractivity contribution is -0.121. The average molecular weight is 359 g/mol. The smallest absolute Gasteiger partial charge is 0.227 e. The number of halogens is 1. The minimum absolute atomic E-state index is 0. The van der Waals surface area contributed by atoms with Crippen LogP contribution in [0.5, 0.6) is 0 Å². The third-order valence-corrected chi connectivity index (χ3v) is 4.05. The first-order valence-corrected chi connectivity index (χ1v) is 8.51. The van der Waals surface area contributed by atoms with Gasteiger partial charge in [-0.25, -0.2) is 0 Å². The predicted molar refractivity (Wildman–Crippen MR) is 93.7 cm³/mol. The molecule has 1 unspecified atom stereocenters. The molecule has 0 bridgehead atoms. The van der Waals surface area contributed by atoms with E-state index in [-0.39, 0.29) is 24.4 Å². The van der Waals surface area contributed by atoms with Gasteiger partial charge in [-0.3, -0.25) is 4.79 Å². The summed E-state index contributed by atoms with van der Waals surface area (Å²) in [6.07, 6.45) is 3.85. The fourth-order valence-corrected chi connectivity index (χ4v) is 2.72. The molecule has 23 heavy (non-hydrogen) atoms. The Morgan fingerprint density at radius 1 is 1.52 bits per heavy atom. The highest BCUT2D eigenvalue weighted by atomic mass is 35.5. The normalized spacial score (nSPS) is 11.7. The number of hydrogen-bond acceptors (Lipinski definition) is 6. The molecule has 0 radical (unpaired) electrons. The van der Waals surface area contributed by atoms with E-state index in [4.69, 9.17) is 10.3 Å². The van der Waals surface area contributed by atoms with Crippen molar-refractivity contribution >= 4 is 29.7 Å². The lowest BCUT2D eigenvalue weighted by Crippen LogP contribution is -2.40. The third-order valence-electron chi connectivity index (χ3n) is 3.37. The Labute approximate surface area is 146 Å². The summed E-state index contributed by atoms with van der Waals surface area (Å²) in [6, 6.07) is 1.99. The first kappa shape index (κ1) is 19.6. The lowest BCUT2D eigenvalue weighted by Gasteiger charge is -2.15. The standard InChI is InChI=1S/C15H22N4O2S.ClH/c1-2-3-4-12(9-16)17-13(20)5-6-14-18-15(19-21-14)11-7-8-22-10-11;/h7-8,10,12H,2-6,9,16H2,1H3,(H,17,20);1H. The van der Waals surface area contributed by atoms with Gasteiger partial charge in [0, 0.05) is 36.4 Å². The molecular weight excluding hydrogens is 336 g/mol. The van der Waals surface area contributed by atoms with Gasteiger partial charge in [-0.05, 0) is 17.9 Å². The van der Waals surface area contributed by atoms with Crippen LogP contribution in [0.25, 0.3) is 11.4 Å². The zero-order valence-corrected chi connectivity index (χ0v) is 14.8. The van der Waals surface area contributed by atoms with Crippen LogP contribution in [-0.2, 0) is 11.2 Å². The van der Waals surface area contributed by atoms with Crippen LogP contribution in [0.4, 0.5) is 0 Å². The molecule has 0 saturated carbocycles. The van der Waals surface area contributed by atoms with Crippen molar-refractivity contribution in [1.29, 1.82) is 0 Å². The van der Waals surface area contributed by atoms with Crippen LogP contribution < -0.4 is 11.1 Å². The number of hydrogen-bond donors (Lipinski definition) is 2. The molecule has 2 heterocycles. The molecule has 0 saturated heterocycles. The van der Waals surface area contributed by atoms with Crippen LogP contribution in [-0.4, -0.2) is 28.6 Å². The molecule has 0 aliphatic carbocycles. The van der Waals surface area contributed by atoms with Gasteiger partial charge in [0.2, 0.25) is 17.6 Å². The number of thiophene rings is 1. The number of nitrogens with zero attached hydrogens (tertiary/aromatic N) is 2. The summed E-state index contributed by atoms with van der Waals surface area (Å²) in [7, 11) is 0. The van der Waals surface area contributed by atoms with Crippen molar-refractivity contribution in [1.82, 2.24) is 15.5 Å². The average Bonchev–Trinajstić information content (AvgIpc) is 3.19. The van der Waals surface area contributed by atoms with Gasteiger partial charge in [0.1, 0.15) is 0 Å². The van der Waals surface area contributed by atoms with Crippen molar-refractivity contribution in [3.63, 3.8) is 0 Å². The fraction of sp³-hybridized carbons (Fsp3) is 0.533. The number of rotatable bonds is 9. The summed E-state index contributed by atoms with van der Waals surface area (Å²) in [6.45, 7) is 2.59. The second-order valence-corrected chi connectivity index (χ2v) is 5.95. The monoisotopic (exact) mass is 358 g/mol. The number of nitrogens with one attached hydrogen (secondary N) is 1. The highest BCUT2D eigenvalue weighted by Crippen LogP contribution is 2.18. The molecule has 1 atom stereocenters. The number of unbranched alkanes of at least 4 members (excludes halogenated alkanes) is 1. The van der Waals surface area contributed by atoms with Crippen molar-refractivity contribution in [2.24, 2.45) is 5.73 Å². The van der Waals surface area contributed by atoms with Crippen LogP contribution >= 0.6 is 23.7 Å². The van der Waals surface area contributed by atoms with E-state index in [2.05, 4.69) is 22.4 Å². The van der Waals surface area contributed by atoms with Crippen molar-refractivity contribution < 1.29 is 9.32 Å². The Balaban J connectivity index is 0.00000264. The van der Waals surface area contributed by atoms with E-state index < -0.39 is 0 Å². The number of aryl methyl sites for hydroxylation is 1. The zero-order chi connectivity index (χ0) is 15.8. The quantitative estimate of drug-likeness (QED) is 0.718. The van der Waals surface area contributed by atoms with Gasteiger partial charge in [0.15, 0.2) is 0 Å². The van der Waals surface area contributed by atoms with Gasteiger partial charge in [-0.1, -0.05) is 24.9 Å². The molecule has 0 aliphatic rings. The van der Waals surface area contributed by atoms with Gasteiger partial charge in [-0.2, -0.15) is 16.3 Å². The molecule has 3 N–H and O–H groups in total. The van der Waals surface area contributed by atoms with Crippen molar-refractivity contribution in [3.05, 3.63) is 22.7 Å². The van der Waals surface area contributed by atoms with E-state index in [0.717, 1.165) is 24.8 Å². The second-order valence-electron chi connectivity index (χ2n) is 5.17. The van der Waals surface area contributed by atoms with Crippen LogP contribution in [0.3, 0.4) is 0 Å². The highest BCUT2D eigenvalue weighted by Gasteiger charge is 2.13. The zero-order valence-electron chi connectivity index (χ0n) is 13.2. The third kappa shape index (κ3) is 6.29. The van der Waals surface area contributed by atoms with Crippen molar-refractivity contribution in [2.45, 2.75) is 45.1 Å². The molecule has 2 aromatic rings. The molecule has 2 rings (SSSR count). The molecule has 6 nitrogen and oxygen atoms in total. The Hall–Kier alpha value is -1.44. The Bertz CT molecular complexity index is 574. The van der Waals surface area contributed by atoms with E-state index >= 15 is 0 Å². The van der Waals surface area contributed by atoms with E-state index in [0.29, 0.717) is 31.1 Å². The summed E-state index contributed by atoms with van der Waals surface area (Å²) < 4.78 is 5.17. The summed E-state index contributed by atoms with van der Waals surface area (Å²) in [5.41, 5.74) is 6.61. The lowest BCUT2D eigenvalue weighted by atomic mass is 10.1. The number of carbonyl (C=O) groups excluding carboxylic acids is 1. The maximum absolute atomic E-state index is 11.9. The summed E-state index contributed by atoms with van der Waals surface area (Å²) in [4.78, 5) is 16.2. The molecule has 0 spiro atoms. The SMILES string of the molecule is CCCCC(CN)NC(=O)CCc1nc(-c2ccsc2)no1.Cl. The second kappa shape index (κ2) is 10.4. The number of nitrogens with two attached hydrogens (primary N) is 1. The summed E-state index contributed by atoms with van der Waals surface area (Å²) in [5.74, 6) is 1.02. The van der Waals surface area contributed by atoms with Crippen LogP contribution in [0.2, 0.25) is 0 Å². The number of amides is 1. The minimum Gasteiger partial charge on any atom is -0.352 e. The van der Waals surface area contributed by atoms with Gasteiger partial charge >= 0.3 is 0 Å². The van der Waals surface area contributed by atoms with Crippen LogP contribution in [0.1, 0.15) is 38.5 Å². The fourth-order valence-electron chi connectivity index (χ4n) is 2.09. The maximum atomic E-state index is 11.9. The largest absolute Gasteiger partial charge is 0.352 e. The topological polar surface area (TPSA) is 94.0 Å². The molecule has 1 amide bonds. The number of aromatic nitrogens is 2. The van der Waals surface area contributed by atoms with Crippen molar-refractivity contribution in [2.75, 3.05) is 6.54 Å². The van der Waals surface area contributed by atoms with Gasteiger partial charge in [0.25, 0.3) is 0 Å². The summed E-state index contributed by atoms with van der Waals surface area (Å²) in [5, 5.41) is 10.8. The van der Waals surface area contributed by atoms with Gasteiger partial charge in [0.05, 0.1) is 0 Å².